The fourth-order valence-corrected chi connectivity index (χ4v) is 0.886. The summed E-state index contributed by atoms with van der Waals surface area (Å²) < 4.78 is 4.92. The Bertz CT molecular complexity index is 223. The summed E-state index contributed by atoms with van der Waals surface area (Å²) >= 11 is 1.37. The summed E-state index contributed by atoms with van der Waals surface area (Å²) in [6.07, 6.45) is 1.11. The minimum atomic E-state index is -0.691. The van der Waals surface area contributed by atoms with Gasteiger partial charge in [-0.05, 0) is 34.0 Å². The zero-order valence-corrected chi connectivity index (χ0v) is 10.0. The lowest BCUT2D eigenvalue weighted by atomic mass is 10.2. The lowest BCUT2D eigenvalue weighted by Gasteiger charge is -2.19. The van der Waals surface area contributed by atoms with E-state index in [1.807, 2.05) is 0 Å². The number of imide groups is 1. The first-order valence-corrected chi connectivity index (χ1v) is 5.61. The summed E-state index contributed by atoms with van der Waals surface area (Å²) in [5.74, 6) is -0.327. The van der Waals surface area contributed by atoms with Crippen molar-refractivity contribution in [1.29, 1.82) is 0 Å². The van der Waals surface area contributed by atoms with Gasteiger partial charge in [0, 0.05) is 0 Å². The van der Waals surface area contributed by atoms with E-state index in [-0.39, 0.29) is 11.2 Å². The molecule has 0 bridgehead atoms. The summed E-state index contributed by atoms with van der Waals surface area (Å²) in [6.45, 7) is 6.96. The van der Waals surface area contributed by atoms with E-state index in [9.17, 15) is 9.59 Å². The molecule has 0 saturated carbocycles. The molecule has 0 aromatic rings. The Labute approximate surface area is 88.8 Å². The third kappa shape index (κ3) is 5.85. The second-order valence-electron chi connectivity index (χ2n) is 3.87. The molecule has 14 heavy (non-hydrogen) atoms. The highest BCUT2D eigenvalue weighted by Crippen LogP contribution is 2.08. The molecule has 0 aliphatic rings. The molecule has 1 N–H and O–H groups in total. The summed E-state index contributed by atoms with van der Waals surface area (Å²) in [5, 5.41) is 1.92. The maximum atomic E-state index is 11.2. The molecule has 1 atom stereocenters. The standard InChI is InChI=1S/C9H17NO3S/c1-6(14-5)7(11)10-8(12)13-9(2,3)4/h6H,1-5H3,(H,10,11,12). The Morgan fingerprint density at radius 1 is 1.36 bits per heavy atom. The normalized spacial score (nSPS) is 13.2. The zero-order chi connectivity index (χ0) is 11.4. The lowest BCUT2D eigenvalue weighted by molar-refractivity contribution is -0.119. The molecular formula is C9H17NO3S. The molecule has 0 radical (unpaired) electrons. The molecule has 0 rings (SSSR count). The van der Waals surface area contributed by atoms with Gasteiger partial charge in [0.25, 0.3) is 0 Å². The van der Waals surface area contributed by atoms with E-state index in [0.717, 1.165) is 0 Å². The molecule has 0 saturated heterocycles. The maximum absolute atomic E-state index is 11.2. The first-order valence-electron chi connectivity index (χ1n) is 4.33. The van der Waals surface area contributed by atoms with Crippen molar-refractivity contribution in [1.82, 2.24) is 5.32 Å². The first-order chi connectivity index (χ1) is 6.26. The zero-order valence-electron chi connectivity index (χ0n) is 9.21. The second-order valence-corrected chi connectivity index (χ2v) is 5.05. The van der Waals surface area contributed by atoms with Gasteiger partial charge in [-0.15, -0.1) is 0 Å². The van der Waals surface area contributed by atoms with E-state index >= 15 is 0 Å². The predicted molar refractivity (Wildman–Crippen MR) is 57.4 cm³/mol. The number of nitrogens with one attached hydrogen (secondary N) is 1. The molecule has 0 aromatic heterocycles. The second kappa shape index (κ2) is 5.24. The summed E-state index contributed by atoms with van der Waals surface area (Å²) in [5.41, 5.74) is -0.576. The fraction of sp³-hybridized carbons (Fsp3) is 0.778. The molecule has 2 amide bonds. The molecule has 82 valence electrons. The van der Waals surface area contributed by atoms with Gasteiger partial charge in [0.1, 0.15) is 5.60 Å². The van der Waals surface area contributed by atoms with Crippen molar-refractivity contribution in [2.45, 2.75) is 38.5 Å². The monoisotopic (exact) mass is 219 g/mol. The van der Waals surface area contributed by atoms with Crippen LogP contribution in [-0.2, 0) is 9.53 Å². The Morgan fingerprint density at radius 2 is 1.86 bits per heavy atom. The van der Waals surface area contributed by atoms with Crippen LogP contribution in [0.1, 0.15) is 27.7 Å². The van der Waals surface area contributed by atoms with Gasteiger partial charge in [0.2, 0.25) is 5.91 Å². The largest absolute Gasteiger partial charge is 0.444 e. The highest BCUT2D eigenvalue weighted by Gasteiger charge is 2.20. The maximum Gasteiger partial charge on any atom is 0.414 e. The summed E-state index contributed by atoms with van der Waals surface area (Å²) in [4.78, 5) is 22.4. The molecule has 0 heterocycles. The minimum absolute atomic E-state index is 0.248. The van der Waals surface area contributed by atoms with Gasteiger partial charge in [-0.25, -0.2) is 4.79 Å². The molecule has 0 aromatic carbocycles. The van der Waals surface area contributed by atoms with E-state index in [1.54, 1.807) is 34.0 Å². The van der Waals surface area contributed by atoms with Crippen molar-refractivity contribution < 1.29 is 14.3 Å². The third-order valence-corrected chi connectivity index (χ3v) is 2.27. The van der Waals surface area contributed by atoms with Crippen LogP contribution in [0.5, 0.6) is 0 Å². The van der Waals surface area contributed by atoms with E-state index in [4.69, 9.17) is 4.74 Å². The van der Waals surface area contributed by atoms with Gasteiger partial charge in [-0.3, -0.25) is 10.1 Å². The Kier molecular flexibility index (Phi) is 4.97. The van der Waals surface area contributed by atoms with Gasteiger partial charge in [0.05, 0.1) is 5.25 Å². The van der Waals surface area contributed by atoms with Crippen LogP contribution in [0.4, 0.5) is 4.79 Å². The number of hydrogen-bond acceptors (Lipinski definition) is 4. The summed E-state index contributed by atoms with van der Waals surface area (Å²) in [7, 11) is 0. The molecular weight excluding hydrogens is 202 g/mol. The molecule has 0 aliphatic heterocycles. The molecule has 5 heteroatoms. The number of ether oxygens (including phenoxy) is 1. The van der Waals surface area contributed by atoms with E-state index in [0.29, 0.717) is 0 Å². The van der Waals surface area contributed by atoms with Crippen LogP contribution in [0.15, 0.2) is 0 Å². The number of carbonyl (C=O) groups is 2. The van der Waals surface area contributed by atoms with Crippen molar-refractivity contribution in [3.05, 3.63) is 0 Å². The third-order valence-electron chi connectivity index (χ3n) is 1.35. The molecule has 1 unspecified atom stereocenters. The van der Waals surface area contributed by atoms with Gasteiger partial charge in [0.15, 0.2) is 0 Å². The Morgan fingerprint density at radius 3 is 2.21 bits per heavy atom. The van der Waals surface area contributed by atoms with Gasteiger partial charge < -0.3 is 4.74 Å². The lowest BCUT2D eigenvalue weighted by Crippen LogP contribution is -2.39. The topological polar surface area (TPSA) is 55.4 Å². The quantitative estimate of drug-likeness (QED) is 0.769. The molecule has 0 aliphatic carbocycles. The van der Waals surface area contributed by atoms with Crippen LogP contribution in [-0.4, -0.2) is 29.1 Å². The fourth-order valence-electron chi connectivity index (χ4n) is 0.613. The molecule has 4 nitrogen and oxygen atoms in total. The Balaban J connectivity index is 4.02. The van der Waals surface area contributed by atoms with Crippen molar-refractivity contribution in [2.75, 3.05) is 6.26 Å². The van der Waals surface area contributed by atoms with Crippen molar-refractivity contribution in [3.8, 4) is 0 Å². The van der Waals surface area contributed by atoms with Crippen LogP contribution >= 0.6 is 11.8 Å². The van der Waals surface area contributed by atoms with E-state index in [2.05, 4.69) is 5.32 Å². The van der Waals surface area contributed by atoms with Gasteiger partial charge >= 0.3 is 6.09 Å². The smallest absolute Gasteiger partial charge is 0.414 e. The summed E-state index contributed by atoms with van der Waals surface area (Å²) in [6, 6.07) is 0. The van der Waals surface area contributed by atoms with E-state index < -0.39 is 11.7 Å². The number of hydrogen-bond donors (Lipinski definition) is 1. The van der Waals surface area contributed by atoms with Crippen LogP contribution in [0.2, 0.25) is 0 Å². The Hall–Kier alpha value is -0.710. The van der Waals surface area contributed by atoms with E-state index in [1.165, 1.54) is 11.8 Å². The number of amides is 2. The predicted octanol–water partition coefficient (Wildman–Crippen LogP) is 1.79. The van der Waals surface area contributed by atoms with Crippen molar-refractivity contribution >= 4 is 23.8 Å². The highest BCUT2D eigenvalue weighted by molar-refractivity contribution is 7.99. The average Bonchev–Trinajstić information content (AvgIpc) is 1.99. The van der Waals surface area contributed by atoms with Crippen molar-refractivity contribution in [3.63, 3.8) is 0 Å². The SMILES string of the molecule is CSC(C)C(=O)NC(=O)OC(C)(C)C. The van der Waals surface area contributed by atoms with Gasteiger partial charge in [-0.2, -0.15) is 11.8 Å². The van der Waals surface area contributed by atoms with Crippen molar-refractivity contribution in [2.24, 2.45) is 0 Å². The molecule has 0 spiro atoms. The average molecular weight is 219 g/mol. The number of carbonyl (C=O) groups excluding carboxylic acids is 2. The van der Waals surface area contributed by atoms with Crippen LogP contribution in [0.25, 0.3) is 0 Å². The number of rotatable bonds is 2. The van der Waals surface area contributed by atoms with Crippen LogP contribution in [0.3, 0.4) is 0 Å². The van der Waals surface area contributed by atoms with Crippen LogP contribution < -0.4 is 5.32 Å². The minimum Gasteiger partial charge on any atom is -0.444 e. The number of thioether (sulfide) groups is 1. The molecule has 0 fully saturated rings. The van der Waals surface area contributed by atoms with Crippen LogP contribution in [0, 0.1) is 0 Å². The highest BCUT2D eigenvalue weighted by atomic mass is 32.2. The van der Waals surface area contributed by atoms with Gasteiger partial charge in [-0.1, -0.05) is 0 Å². The first kappa shape index (κ1) is 13.3. The number of alkyl carbamates (subject to hydrolysis) is 1.